The van der Waals surface area contributed by atoms with Crippen LogP contribution in [0.5, 0.6) is 0 Å². The molecule has 2 aliphatic rings. The molecular formula is C18H20N2O6. The predicted octanol–water partition coefficient (Wildman–Crippen LogP) is 1.05. The van der Waals surface area contributed by atoms with Crippen LogP contribution in [0, 0.1) is 0 Å². The topological polar surface area (TPSA) is 113 Å². The third kappa shape index (κ3) is 3.32. The molecule has 1 aromatic rings. The van der Waals surface area contributed by atoms with Crippen LogP contribution < -0.4 is 5.32 Å². The van der Waals surface area contributed by atoms with E-state index >= 15 is 0 Å². The van der Waals surface area contributed by atoms with Crippen LogP contribution in [0.15, 0.2) is 18.2 Å². The van der Waals surface area contributed by atoms with Gasteiger partial charge in [-0.05, 0) is 37.5 Å². The second-order valence-electron chi connectivity index (χ2n) is 6.39. The van der Waals surface area contributed by atoms with Crippen molar-refractivity contribution < 1.29 is 29.0 Å². The molecule has 3 rings (SSSR count). The summed E-state index contributed by atoms with van der Waals surface area (Å²) in [7, 11) is 0. The van der Waals surface area contributed by atoms with Gasteiger partial charge in [-0.15, -0.1) is 0 Å². The van der Waals surface area contributed by atoms with Crippen LogP contribution in [0.1, 0.15) is 57.3 Å². The Balaban J connectivity index is 1.78. The Morgan fingerprint density at radius 1 is 1.31 bits per heavy atom. The number of aliphatic carboxylic acids is 1. The summed E-state index contributed by atoms with van der Waals surface area (Å²) in [6.45, 7) is 2.47. The van der Waals surface area contributed by atoms with Gasteiger partial charge in [0.05, 0.1) is 23.8 Å². The minimum atomic E-state index is -1.13. The lowest BCUT2D eigenvalue weighted by Crippen LogP contribution is -2.40. The predicted molar refractivity (Wildman–Crippen MR) is 90.0 cm³/mol. The lowest BCUT2D eigenvalue weighted by Gasteiger charge is -2.17. The van der Waals surface area contributed by atoms with E-state index in [0.29, 0.717) is 6.61 Å². The first kappa shape index (κ1) is 18.1. The number of rotatable bonds is 6. The van der Waals surface area contributed by atoms with Crippen molar-refractivity contribution in [3.63, 3.8) is 0 Å². The standard InChI is InChI=1S/C18H20N2O6/c1-2-14(18(24)25)19-15(21)10-5-6-12-13(8-10)17(23)20(16(12)22)9-11-4-3-7-26-11/h5-6,8,11,14H,2-4,7,9H2,1H3,(H,19,21)(H,24,25). The molecule has 1 saturated heterocycles. The Kier molecular flexibility index (Phi) is 5.03. The number of nitrogens with one attached hydrogen (secondary N) is 1. The third-order valence-corrected chi connectivity index (χ3v) is 4.65. The summed E-state index contributed by atoms with van der Waals surface area (Å²) in [5.74, 6) is -2.58. The van der Waals surface area contributed by atoms with Crippen molar-refractivity contribution in [2.45, 2.75) is 38.3 Å². The van der Waals surface area contributed by atoms with E-state index < -0.39 is 29.7 Å². The summed E-state index contributed by atoms with van der Waals surface area (Å²) in [5.41, 5.74) is 0.544. The Labute approximate surface area is 150 Å². The van der Waals surface area contributed by atoms with Gasteiger partial charge in [-0.1, -0.05) is 6.92 Å². The number of carboxylic acids is 1. The van der Waals surface area contributed by atoms with Gasteiger partial charge in [-0.25, -0.2) is 4.79 Å². The first-order chi connectivity index (χ1) is 12.4. The highest BCUT2D eigenvalue weighted by Gasteiger charge is 2.38. The van der Waals surface area contributed by atoms with Gasteiger partial charge >= 0.3 is 5.97 Å². The molecule has 8 nitrogen and oxygen atoms in total. The molecule has 0 aliphatic carbocycles. The number of hydrogen-bond acceptors (Lipinski definition) is 5. The second-order valence-corrected chi connectivity index (χ2v) is 6.39. The van der Waals surface area contributed by atoms with Crippen LogP contribution in [0.3, 0.4) is 0 Å². The van der Waals surface area contributed by atoms with Gasteiger partial charge in [0.2, 0.25) is 0 Å². The van der Waals surface area contributed by atoms with Crippen molar-refractivity contribution in [1.29, 1.82) is 0 Å². The number of carbonyl (C=O) groups excluding carboxylic acids is 3. The lowest BCUT2D eigenvalue weighted by molar-refractivity contribution is -0.139. The molecule has 3 amide bonds. The number of amides is 3. The summed E-state index contributed by atoms with van der Waals surface area (Å²) in [4.78, 5) is 49.5. The van der Waals surface area contributed by atoms with Crippen molar-refractivity contribution >= 4 is 23.7 Å². The number of carboxylic acid groups (broad SMARTS) is 1. The zero-order chi connectivity index (χ0) is 18.8. The van der Waals surface area contributed by atoms with E-state index in [0.717, 1.165) is 17.7 Å². The molecule has 2 heterocycles. The summed E-state index contributed by atoms with van der Waals surface area (Å²) in [6, 6.07) is 3.18. The molecule has 138 valence electrons. The summed E-state index contributed by atoms with van der Waals surface area (Å²) in [6.07, 6.45) is 1.79. The number of carbonyl (C=O) groups is 4. The van der Waals surface area contributed by atoms with Gasteiger partial charge in [-0.2, -0.15) is 0 Å². The fraction of sp³-hybridized carbons (Fsp3) is 0.444. The molecule has 26 heavy (non-hydrogen) atoms. The number of ether oxygens (including phenoxy) is 1. The number of imide groups is 1. The quantitative estimate of drug-likeness (QED) is 0.733. The van der Waals surface area contributed by atoms with Crippen LogP contribution in [0.4, 0.5) is 0 Å². The van der Waals surface area contributed by atoms with Gasteiger partial charge in [-0.3, -0.25) is 19.3 Å². The van der Waals surface area contributed by atoms with Crippen LogP contribution in [0.2, 0.25) is 0 Å². The molecule has 0 bridgehead atoms. The number of benzene rings is 1. The van der Waals surface area contributed by atoms with Crippen molar-refractivity contribution in [3.8, 4) is 0 Å². The highest BCUT2D eigenvalue weighted by atomic mass is 16.5. The maximum absolute atomic E-state index is 12.6. The van der Waals surface area contributed by atoms with Gasteiger partial charge in [0.25, 0.3) is 17.7 Å². The molecule has 0 saturated carbocycles. The Morgan fingerprint density at radius 2 is 2.04 bits per heavy atom. The fourth-order valence-electron chi connectivity index (χ4n) is 3.17. The second kappa shape index (κ2) is 7.25. The van der Waals surface area contributed by atoms with Crippen LogP contribution >= 0.6 is 0 Å². The maximum Gasteiger partial charge on any atom is 0.326 e. The smallest absolute Gasteiger partial charge is 0.326 e. The highest BCUT2D eigenvalue weighted by Crippen LogP contribution is 2.26. The Morgan fingerprint density at radius 3 is 2.65 bits per heavy atom. The molecule has 2 atom stereocenters. The first-order valence-electron chi connectivity index (χ1n) is 8.58. The van der Waals surface area contributed by atoms with E-state index in [1.807, 2.05) is 0 Å². The van der Waals surface area contributed by atoms with Crippen LogP contribution in [-0.2, 0) is 9.53 Å². The van der Waals surface area contributed by atoms with E-state index in [1.54, 1.807) is 6.92 Å². The van der Waals surface area contributed by atoms with Gasteiger partial charge in [0.15, 0.2) is 0 Å². The fourth-order valence-corrected chi connectivity index (χ4v) is 3.17. The van der Waals surface area contributed by atoms with E-state index in [4.69, 9.17) is 9.84 Å². The maximum atomic E-state index is 12.6. The zero-order valence-electron chi connectivity index (χ0n) is 14.4. The minimum Gasteiger partial charge on any atom is -0.480 e. The normalized spacial score (nSPS) is 20.2. The van der Waals surface area contributed by atoms with Gasteiger partial charge in [0.1, 0.15) is 6.04 Å². The van der Waals surface area contributed by atoms with Crippen LogP contribution in [-0.4, -0.2) is 59.0 Å². The molecule has 8 heteroatoms. The Hall–Kier alpha value is -2.74. The molecule has 2 unspecified atom stereocenters. The highest BCUT2D eigenvalue weighted by molar-refractivity contribution is 6.22. The van der Waals surface area contributed by atoms with E-state index in [-0.39, 0.29) is 35.8 Å². The largest absolute Gasteiger partial charge is 0.480 e. The van der Waals surface area contributed by atoms with Crippen molar-refractivity contribution in [3.05, 3.63) is 34.9 Å². The molecule has 0 aromatic heterocycles. The average molecular weight is 360 g/mol. The number of fused-ring (bicyclic) bond motifs is 1. The van der Waals surface area contributed by atoms with Gasteiger partial charge in [0, 0.05) is 12.2 Å². The van der Waals surface area contributed by atoms with Crippen molar-refractivity contribution in [2.24, 2.45) is 0 Å². The van der Waals surface area contributed by atoms with E-state index in [9.17, 15) is 19.2 Å². The lowest BCUT2D eigenvalue weighted by atomic mass is 10.0. The number of hydrogen-bond donors (Lipinski definition) is 2. The van der Waals surface area contributed by atoms with Crippen LogP contribution in [0.25, 0.3) is 0 Å². The molecule has 0 radical (unpaired) electrons. The zero-order valence-corrected chi connectivity index (χ0v) is 14.4. The SMILES string of the molecule is CCC(NC(=O)c1ccc2c(c1)C(=O)N(CC1CCCO1)C2=O)C(=O)O. The summed E-state index contributed by atoms with van der Waals surface area (Å²) >= 11 is 0. The first-order valence-corrected chi connectivity index (χ1v) is 8.58. The molecule has 1 fully saturated rings. The molecule has 2 N–H and O–H groups in total. The summed E-state index contributed by atoms with van der Waals surface area (Å²) in [5, 5.41) is 11.4. The average Bonchev–Trinajstić information content (AvgIpc) is 3.22. The van der Waals surface area contributed by atoms with Crippen molar-refractivity contribution in [2.75, 3.05) is 13.2 Å². The van der Waals surface area contributed by atoms with E-state index in [2.05, 4.69) is 5.32 Å². The molecule has 0 spiro atoms. The van der Waals surface area contributed by atoms with E-state index in [1.165, 1.54) is 18.2 Å². The van der Waals surface area contributed by atoms with Crippen molar-refractivity contribution in [1.82, 2.24) is 10.2 Å². The molecule has 2 aliphatic heterocycles. The molecule has 1 aromatic carbocycles. The third-order valence-electron chi connectivity index (χ3n) is 4.65. The Bertz CT molecular complexity index is 769. The summed E-state index contributed by atoms with van der Waals surface area (Å²) < 4.78 is 5.48. The number of nitrogens with zero attached hydrogens (tertiary/aromatic N) is 1. The minimum absolute atomic E-state index is 0.142. The van der Waals surface area contributed by atoms with Gasteiger partial charge < -0.3 is 15.2 Å². The molecular weight excluding hydrogens is 340 g/mol. The monoisotopic (exact) mass is 360 g/mol.